The van der Waals surface area contributed by atoms with Crippen molar-refractivity contribution in [2.75, 3.05) is 7.11 Å². The van der Waals surface area contributed by atoms with Gasteiger partial charge in [-0.2, -0.15) is 0 Å². The predicted octanol–water partition coefficient (Wildman–Crippen LogP) is 3.45. The summed E-state index contributed by atoms with van der Waals surface area (Å²) in [6, 6.07) is 16.9. The number of rotatable bonds is 7. The average molecular weight is 365 g/mol. The molecule has 0 bridgehead atoms. The summed E-state index contributed by atoms with van der Waals surface area (Å²) < 4.78 is 10.8. The van der Waals surface area contributed by atoms with E-state index in [0.29, 0.717) is 16.9 Å². The van der Waals surface area contributed by atoms with E-state index in [1.54, 1.807) is 20.1 Å². The summed E-state index contributed by atoms with van der Waals surface area (Å²) in [5.41, 5.74) is 1.83. The van der Waals surface area contributed by atoms with Crippen molar-refractivity contribution in [2.24, 2.45) is 0 Å². The van der Waals surface area contributed by atoms with Crippen molar-refractivity contribution in [1.82, 2.24) is 5.32 Å². The van der Waals surface area contributed by atoms with Crippen LogP contribution in [0.1, 0.15) is 30.9 Å². The van der Waals surface area contributed by atoms with Crippen LogP contribution in [-0.4, -0.2) is 31.1 Å². The molecule has 0 aromatic heterocycles. The Bertz CT molecular complexity index is 840. The molecule has 5 nitrogen and oxygen atoms in total. The van der Waals surface area contributed by atoms with E-state index in [1.807, 2.05) is 54.6 Å². The number of benzene rings is 2. The van der Waals surface area contributed by atoms with Gasteiger partial charge in [-0.3, -0.25) is 4.79 Å². The first-order chi connectivity index (χ1) is 13.1. The van der Waals surface area contributed by atoms with Crippen LogP contribution < -0.4 is 10.1 Å². The van der Waals surface area contributed by atoms with Crippen molar-refractivity contribution < 1.29 is 19.1 Å². The Kier molecular flexibility index (Phi) is 5.91. The molecule has 1 fully saturated rings. The lowest BCUT2D eigenvalue weighted by Crippen LogP contribution is -2.37. The van der Waals surface area contributed by atoms with Gasteiger partial charge in [-0.1, -0.05) is 48.5 Å². The molecule has 1 aliphatic carbocycles. The molecule has 3 rings (SSSR count). The highest BCUT2D eigenvalue weighted by Crippen LogP contribution is 2.26. The minimum atomic E-state index is -0.858. The zero-order valence-corrected chi connectivity index (χ0v) is 15.5. The number of amides is 1. The number of ether oxygens (including phenoxy) is 2. The highest BCUT2D eigenvalue weighted by atomic mass is 16.5. The molecule has 27 heavy (non-hydrogen) atoms. The van der Waals surface area contributed by atoms with Crippen LogP contribution in [0.4, 0.5) is 0 Å². The van der Waals surface area contributed by atoms with Gasteiger partial charge in [0.15, 0.2) is 6.10 Å². The molecule has 0 unspecified atom stereocenters. The zero-order chi connectivity index (χ0) is 19.2. The van der Waals surface area contributed by atoms with Gasteiger partial charge in [-0.15, -0.1) is 0 Å². The van der Waals surface area contributed by atoms with Gasteiger partial charge < -0.3 is 14.8 Å². The number of carbonyl (C=O) groups is 2. The molecule has 0 heterocycles. The van der Waals surface area contributed by atoms with E-state index in [1.165, 1.54) is 0 Å². The van der Waals surface area contributed by atoms with Crippen LogP contribution in [0.15, 0.2) is 54.6 Å². The maximum absolute atomic E-state index is 12.9. The molecule has 1 amide bonds. The lowest BCUT2D eigenvalue weighted by Gasteiger charge is -2.15. The van der Waals surface area contributed by atoms with E-state index in [4.69, 9.17) is 9.47 Å². The Hall–Kier alpha value is -3.08. The van der Waals surface area contributed by atoms with Crippen molar-refractivity contribution >= 4 is 23.5 Å². The second-order valence-corrected chi connectivity index (χ2v) is 6.50. The van der Waals surface area contributed by atoms with Crippen LogP contribution in [-0.2, 0) is 14.3 Å². The van der Waals surface area contributed by atoms with Crippen LogP contribution in [0.25, 0.3) is 11.6 Å². The predicted molar refractivity (Wildman–Crippen MR) is 104 cm³/mol. The third-order valence-corrected chi connectivity index (χ3v) is 4.32. The third kappa shape index (κ3) is 4.97. The molecule has 1 atom stereocenters. The van der Waals surface area contributed by atoms with Gasteiger partial charge >= 0.3 is 5.97 Å². The Morgan fingerprint density at radius 1 is 1.07 bits per heavy atom. The summed E-state index contributed by atoms with van der Waals surface area (Å²) in [5, 5.41) is 2.85. The molecular formula is C22H23NO4. The van der Waals surface area contributed by atoms with Crippen molar-refractivity contribution in [3.05, 3.63) is 65.7 Å². The second-order valence-electron chi connectivity index (χ2n) is 6.50. The fourth-order valence-electron chi connectivity index (χ4n) is 2.64. The van der Waals surface area contributed by atoms with Gasteiger partial charge in [0, 0.05) is 11.6 Å². The minimum absolute atomic E-state index is 0.219. The molecule has 1 saturated carbocycles. The van der Waals surface area contributed by atoms with E-state index in [-0.39, 0.29) is 11.9 Å². The largest absolute Gasteiger partial charge is 0.496 e. The normalized spacial score (nSPS) is 15.0. The number of para-hydroxylation sites is 1. The van der Waals surface area contributed by atoms with Gasteiger partial charge in [0.1, 0.15) is 5.75 Å². The van der Waals surface area contributed by atoms with E-state index in [9.17, 15) is 9.59 Å². The molecular weight excluding hydrogens is 342 g/mol. The molecule has 0 saturated heterocycles. The van der Waals surface area contributed by atoms with E-state index >= 15 is 0 Å². The quantitative estimate of drug-likeness (QED) is 0.464. The number of carbonyl (C=O) groups excluding carboxylic acids is 2. The molecule has 2 aromatic carbocycles. The zero-order valence-electron chi connectivity index (χ0n) is 15.5. The minimum Gasteiger partial charge on any atom is -0.496 e. The van der Waals surface area contributed by atoms with E-state index in [0.717, 1.165) is 18.4 Å². The van der Waals surface area contributed by atoms with Crippen molar-refractivity contribution in [1.29, 1.82) is 0 Å². The first-order valence-corrected chi connectivity index (χ1v) is 9.00. The fraction of sp³-hybridized carbons (Fsp3) is 0.273. The molecule has 1 aliphatic rings. The number of hydrogen-bond donors (Lipinski definition) is 1. The molecule has 0 radical (unpaired) electrons. The molecule has 1 N–H and O–H groups in total. The summed E-state index contributed by atoms with van der Waals surface area (Å²) in [7, 11) is 1.58. The van der Waals surface area contributed by atoms with Crippen LogP contribution >= 0.6 is 0 Å². The smallest absolute Gasteiger partial charge is 0.339 e. The van der Waals surface area contributed by atoms with Gasteiger partial charge in [0.2, 0.25) is 0 Å². The maximum Gasteiger partial charge on any atom is 0.339 e. The summed E-state index contributed by atoms with van der Waals surface area (Å²) in [4.78, 5) is 25.0. The lowest BCUT2D eigenvalue weighted by molar-refractivity contribution is -0.149. The molecule has 140 valence electrons. The monoisotopic (exact) mass is 365 g/mol. The maximum atomic E-state index is 12.9. The Morgan fingerprint density at radius 3 is 2.41 bits per heavy atom. The first kappa shape index (κ1) is 18.7. The highest BCUT2D eigenvalue weighted by Gasteiger charge is 2.28. The van der Waals surface area contributed by atoms with Gasteiger partial charge in [-0.05, 0) is 37.5 Å². The standard InChI is InChI=1S/C22H23NO4/c1-15(21(24)23-18-12-13-18)27-22(25)19(16-8-4-3-5-9-16)14-17-10-6-7-11-20(17)26-2/h3-11,14-15,18H,12-13H2,1-2H3,(H,23,24)/b19-14+/t15-/m0/s1. The lowest BCUT2D eigenvalue weighted by atomic mass is 10.0. The first-order valence-electron chi connectivity index (χ1n) is 9.00. The van der Waals surface area contributed by atoms with Crippen molar-refractivity contribution in [3.8, 4) is 5.75 Å². The SMILES string of the molecule is COc1ccccc1/C=C(/C(=O)O[C@@H](C)C(=O)NC1CC1)c1ccccc1. The van der Waals surface area contributed by atoms with Crippen LogP contribution in [0.5, 0.6) is 5.75 Å². The molecule has 0 spiro atoms. The Morgan fingerprint density at radius 2 is 1.74 bits per heavy atom. The van der Waals surface area contributed by atoms with Crippen molar-refractivity contribution in [2.45, 2.75) is 31.9 Å². The van der Waals surface area contributed by atoms with E-state index in [2.05, 4.69) is 5.32 Å². The summed E-state index contributed by atoms with van der Waals surface area (Å²) in [6.07, 6.45) is 2.83. The number of hydrogen-bond acceptors (Lipinski definition) is 4. The molecule has 0 aliphatic heterocycles. The number of methoxy groups -OCH3 is 1. The molecule has 5 heteroatoms. The summed E-state index contributed by atoms with van der Waals surface area (Å²) in [6.45, 7) is 1.58. The Balaban J connectivity index is 1.86. The van der Waals surface area contributed by atoms with Gasteiger partial charge in [0.05, 0.1) is 12.7 Å². The van der Waals surface area contributed by atoms with Gasteiger partial charge in [-0.25, -0.2) is 4.79 Å². The van der Waals surface area contributed by atoms with Gasteiger partial charge in [0.25, 0.3) is 5.91 Å². The average Bonchev–Trinajstić information content (AvgIpc) is 3.50. The summed E-state index contributed by atoms with van der Waals surface area (Å²) >= 11 is 0. The molecule has 2 aromatic rings. The fourth-order valence-corrected chi connectivity index (χ4v) is 2.64. The van der Waals surface area contributed by atoms with E-state index < -0.39 is 12.1 Å². The van der Waals surface area contributed by atoms with Crippen LogP contribution in [0.2, 0.25) is 0 Å². The number of esters is 1. The summed E-state index contributed by atoms with van der Waals surface area (Å²) in [5.74, 6) is -0.167. The number of nitrogens with one attached hydrogen (secondary N) is 1. The van der Waals surface area contributed by atoms with Crippen LogP contribution in [0.3, 0.4) is 0 Å². The van der Waals surface area contributed by atoms with Crippen molar-refractivity contribution in [3.63, 3.8) is 0 Å². The topological polar surface area (TPSA) is 64.6 Å². The third-order valence-electron chi connectivity index (χ3n) is 4.32. The highest BCUT2D eigenvalue weighted by molar-refractivity contribution is 6.22. The second kappa shape index (κ2) is 8.54. The van der Waals surface area contributed by atoms with Crippen LogP contribution in [0, 0.1) is 0 Å². The Labute approximate surface area is 159 Å².